The highest BCUT2D eigenvalue weighted by molar-refractivity contribution is 9.10. The van der Waals surface area contributed by atoms with Crippen molar-refractivity contribution in [2.75, 3.05) is 11.9 Å². The van der Waals surface area contributed by atoms with Crippen molar-refractivity contribution in [3.05, 3.63) is 51.5 Å². The summed E-state index contributed by atoms with van der Waals surface area (Å²) in [6.45, 7) is 3.26. The van der Waals surface area contributed by atoms with Gasteiger partial charge in [0.05, 0.1) is 16.6 Å². The van der Waals surface area contributed by atoms with E-state index in [1.807, 2.05) is 0 Å². The van der Waals surface area contributed by atoms with Crippen LogP contribution in [0.25, 0.3) is 0 Å². The van der Waals surface area contributed by atoms with Crippen molar-refractivity contribution in [2.45, 2.75) is 13.8 Å². The summed E-state index contributed by atoms with van der Waals surface area (Å²) in [5, 5.41) is 2.63. The van der Waals surface area contributed by atoms with Gasteiger partial charge >= 0.3 is 5.97 Å². The lowest BCUT2D eigenvalue weighted by molar-refractivity contribution is -0.137. The van der Waals surface area contributed by atoms with Gasteiger partial charge in [-0.05, 0) is 53.5 Å². The number of esters is 1. The third kappa shape index (κ3) is 3.96. The molecule has 0 saturated carbocycles. The number of nitrogens with zero attached hydrogens (tertiary/aromatic N) is 1. The second kappa shape index (κ2) is 7.60. The van der Waals surface area contributed by atoms with Gasteiger partial charge in [0.25, 0.3) is 11.7 Å². The number of nitrogens with one attached hydrogen (secondary N) is 1. The van der Waals surface area contributed by atoms with E-state index in [0.29, 0.717) is 11.3 Å². The molecule has 0 aliphatic carbocycles. The zero-order chi connectivity index (χ0) is 18.7. The van der Waals surface area contributed by atoms with Crippen LogP contribution in [0.2, 0.25) is 0 Å². The Bertz CT molecular complexity index is 861. The van der Waals surface area contributed by atoms with Crippen molar-refractivity contribution in [1.82, 2.24) is 4.57 Å². The number of hydrogen-bond acceptors (Lipinski definition) is 4. The van der Waals surface area contributed by atoms with Gasteiger partial charge in [0.15, 0.2) is 0 Å². The number of aromatic nitrogens is 1. The number of halogens is 2. The minimum Gasteiger partial charge on any atom is -0.460 e. The summed E-state index contributed by atoms with van der Waals surface area (Å²) in [5.41, 5.74) is 1.07. The van der Waals surface area contributed by atoms with Gasteiger partial charge in [-0.25, -0.2) is 9.18 Å². The molecule has 0 fully saturated rings. The van der Waals surface area contributed by atoms with Gasteiger partial charge in [-0.2, -0.15) is 0 Å². The molecule has 0 atom stereocenters. The lowest BCUT2D eigenvalue weighted by Gasteiger charge is -2.08. The number of carbonyl (C=O) groups is 3. The van der Waals surface area contributed by atoms with Crippen LogP contribution in [0, 0.1) is 12.7 Å². The normalized spacial score (nSPS) is 10.4. The zero-order valence-corrected chi connectivity index (χ0v) is 15.4. The van der Waals surface area contributed by atoms with Crippen LogP contribution in [0.15, 0.2) is 28.9 Å². The monoisotopic (exact) mass is 410 g/mol. The molecule has 0 spiro atoms. The Hall–Kier alpha value is -2.48. The van der Waals surface area contributed by atoms with Crippen molar-refractivity contribution in [3.8, 4) is 0 Å². The van der Waals surface area contributed by atoms with Crippen LogP contribution in [0.5, 0.6) is 0 Å². The molecule has 8 heteroatoms. The number of ketones is 1. The molecule has 1 N–H and O–H groups in total. The van der Waals surface area contributed by atoms with Crippen LogP contribution >= 0.6 is 15.9 Å². The van der Waals surface area contributed by atoms with Crippen molar-refractivity contribution >= 4 is 39.3 Å². The molecule has 2 rings (SSSR count). The number of amides is 1. The maximum atomic E-state index is 13.3. The third-order valence-electron chi connectivity index (χ3n) is 3.53. The van der Waals surface area contributed by atoms with Gasteiger partial charge in [-0.3, -0.25) is 9.59 Å². The molecule has 0 unspecified atom stereocenters. The highest BCUT2D eigenvalue weighted by atomic mass is 79.9. The molecule has 0 saturated heterocycles. The number of Topliss-reactive ketones (excluding diaryl/α,β-unsaturated/α-hetero) is 1. The highest BCUT2D eigenvalue weighted by Crippen LogP contribution is 2.22. The van der Waals surface area contributed by atoms with E-state index in [0.717, 1.165) is 0 Å². The van der Waals surface area contributed by atoms with E-state index in [2.05, 4.69) is 21.2 Å². The Morgan fingerprint density at radius 1 is 1.32 bits per heavy atom. The summed E-state index contributed by atoms with van der Waals surface area (Å²) in [4.78, 5) is 36.3. The third-order valence-corrected chi connectivity index (χ3v) is 4.14. The summed E-state index contributed by atoms with van der Waals surface area (Å²) in [5.74, 6) is -2.71. The smallest absolute Gasteiger partial charge is 0.379 e. The number of benzene rings is 1. The quantitative estimate of drug-likeness (QED) is 0.466. The van der Waals surface area contributed by atoms with Gasteiger partial charge in [0.1, 0.15) is 11.5 Å². The summed E-state index contributed by atoms with van der Waals surface area (Å²) in [7, 11) is 1.59. The number of aryl methyl sites for hydroxylation is 1. The van der Waals surface area contributed by atoms with E-state index in [1.165, 1.54) is 29.0 Å². The lowest BCUT2D eigenvalue weighted by atomic mass is 10.1. The molecular weight excluding hydrogens is 395 g/mol. The average Bonchev–Trinajstić information content (AvgIpc) is 2.85. The Balaban J connectivity index is 2.30. The summed E-state index contributed by atoms with van der Waals surface area (Å²) in [6, 6.07) is 4.06. The summed E-state index contributed by atoms with van der Waals surface area (Å²) in [6.07, 6.45) is 1.41. The second-order valence-electron chi connectivity index (χ2n) is 5.26. The molecule has 132 valence electrons. The Labute approximate surface area is 152 Å². The molecule has 0 aliphatic rings. The van der Waals surface area contributed by atoms with Gasteiger partial charge in [0, 0.05) is 18.9 Å². The fraction of sp³-hybridized carbons (Fsp3) is 0.235. The molecule has 1 amide bonds. The van der Waals surface area contributed by atoms with E-state index in [-0.39, 0.29) is 22.3 Å². The van der Waals surface area contributed by atoms with Crippen LogP contribution in [0.4, 0.5) is 10.1 Å². The molecule has 0 radical (unpaired) electrons. The first kappa shape index (κ1) is 18.9. The Morgan fingerprint density at radius 2 is 2.00 bits per heavy atom. The van der Waals surface area contributed by atoms with Crippen LogP contribution in [0.1, 0.15) is 33.3 Å². The van der Waals surface area contributed by atoms with Gasteiger partial charge in [0.2, 0.25) is 0 Å². The van der Waals surface area contributed by atoms with Crippen LogP contribution in [-0.4, -0.2) is 28.8 Å². The fourth-order valence-corrected chi connectivity index (χ4v) is 2.76. The molecule has 25 heavy (non-hydrogen) atoms. The SMILES string of the molecule is CCOC(=O)C(=O)c1cn(C)c(C(=O)Nc2ccc(F)c(Br)c2)c1C. The molecule has 1 aromatic carbocycles. The van der Waals surface area contributed by atoms with Crippen molar-refractivity contribution in [1.29, 1.82) is 0 Å². The Morgan fingerprint density at radius 3 is 2.60 bits per heavy atom. The highest BCUT2D eigenvalue weighted by Gasteiger charge is 2.26. The summed E-state index contributed by atoms with van der Waals surface area (Å²) >= 11 is 3.05. The van der Waals surface area contributed by atoms with Crippen molar-refractivity contribution in [2.24, 2.45) is 7.05 Å². The molecule has 1 aromatic heterocycles. The van der Waals surface area contributed by atoms with Gasteiger partial charge in [-0.15, -0.1) is 0 Å². The number of ether oxygens (including phenoxy) is 1. The number of carbonyl (C=O) groups excluding carboxylic acids is 3. The first-order valence-electron chi connectivity index (χ1n) is 7.40. The molecule has 2 aromatic rings. The molecule has 0 bridgehead atoms. The predicted octanol–water partition coefficient (Wildman–Crippen LogP) is 3.23. The number of rotatable bonds is 5. The number of anilines is 1. The molecule has 6 nitrogen and oxygen atoms in total. The lowest BCUT2D eigenvalue weighted by Crippen LogP contribution is -2.19. The van der Waals surface area contributed by atoms with E-state index in [9.17, 15) is 18.8 Å². The largest absolute Gasteiger partial charge is 0.460 e. The molecule has 0 aliphatic heterocycles. The standard InChI is InChI=1S/C17H16BrFN2O4/c1-4-25-17(24)15(22)11-8-21(3)14(9(11)2)16(23)20-10-5-6-13(19)12(18)7-10/h5-8H,4H2,1-3H3,(H,20,23). The van der Waals surface area contributed by atoms with Gasteiger partial charge < -0.3 is 14.6 Å². The zero-order valence-electron chi connectivity index (χ0n) is 13.9. The fourth-order valence-electron chi connectivity index (χ4n) is 2.38. The summed E-state index contributed by atoms with van der Waals surface area (Å²) < 4.78 is 19.6. The van der Waals surface area contributed by atoms with E-state index in [1.54, 1.807) is 20.9 Å². The predicted molar refractivity (Wildman–Crippen MR) is 93.2 cm³/mol. The first-order valence-corrected chi connectivity index (χ1v) is 8.19. The van der Waals surface area contributed by atoms with E-state index < -0.39 is 23.5 Å². The van der Waals surface area contributed by atoms with Gasteiger partial charge in [-0.1, -0.05) is 0 Å². The van der Waals surface area contributed by atoms with Crippen molar-refractivity contribution in [3.63, 3.8) is 0 Å². The van der Waals surface area contributed by atoms with Crippen molar-refractivity contribution < 1.29 is 23.5 Å². The minimum atomic E-state index is -0.967. The van der Waals surface area contributed by atoms with Crippen LogP contribution < -0.4 is 5.32 Å². The molecule has 1 heterocycles. The van der Waals surface area contributed by atoms with Crippen LogP contribution in [-0.2, 0) is 16.6 Å². The molecular formula is C17H16BrFN2O4. The maximum Gasteiger partial charge on any atom is 0.379 e. The Kier molecular flexibility index (Phi) is 5.73. The second-order valence-corrected chi connectivity index (χ2v) is 6.11. The van der Waals surface area contributed by atoms with E-state index in [4.69, 9.17) is 4.74 Å². The topological polar surface area (TPSA) is 77.4 Å². The maximum absolute atomic E-state index is 13.3. The minimum absolute atomic E-state index is 0.0865. The first-order chi connectivity index (χ1) is 11.8. The number of hydrogen-bond donors (Lipinski definition) is 1. The van der Waals surface area contributed by atoms with E-state index >= 15 is 0 Å². The van der Waals surface area contributed by atoms with Crippen LogP contribution in [0.3, 0.4) is 0 Å². The average molecular weight is 411 g/mol.